The number of pyridine rings is 1. The molecule has 8 nitrogen and oxygen atoms in total. The van der Waals surface area contributed by atoms with Gasteiger partial charge in [0.05, 0.1) is 11.5 Å². The van der Waals surface area contributed by atoms with Gasteiger partial charge in [-0.3, -0.25) is 4.79 Å². The number of carbonyl (C=O) groups excluding carboxylic acids is 1. The van der Waals surface area contributed by atoms with E-state index < -0.39 is 9.84 Å². The van der Waals surface area contributed by atoms with Gasteiger partial charge in [-0.2, -0.15) is 0 Å². The Morgan fingerprint density at radius 2 is 2.24 bits per heavy atom. The van der Waals surface area contributed by atoms with Gasteiger partial charge in [0.15, 0.2) is 15.7 Å². The van der Waals surface area contributed by atoms with Gasteiger partial charge in [-0.25, -0.2) is 13.4 Å². The van der Waals surface area contributed by atoms with E-state index in [0.29, 0.717) is 35.9 Å². The van der Waals surface area contributed by atoms with Crippen LogP contribution in [0.15, 0.2) is 28.9 Å². The number of aromatic nitrogens is 2. The van der Waals surface area contributed by atoms with Crippen molar-refractivity contribution in [1.29, 1.82) is 0 Å². The van der Waals surface area contributed by atoms with E-state index in [2.05, 4.69) is 15.5 Å². The van der Waals surface area contributed by atoms with Gasteiger partial charge < -0.3 is 14.7 Å². The fourth-order valence-corrected chi connectivity index (χ4v) is 4.69. The van der Waals surface area contributed by atoms with E-state index in [1.807, 2.05) is 11.8 Å². The van der Waals surface area contributed by atoms with Crippen molar-refractivity contribution in [2.24, 2.45) is 0 Å². The van der Waals surface area contributed by atoms with Crippen molar-refractivity contribution in [2.75, 3.05) is 28.3 Å². The van der Waals surface area contributed by atoms with E-state index in [4.69, 9.17) is 4.52 Å². The molecule has 1 fully saturated rings. The summed E-state index contributed by atoms with van der Waals surface area (Å²) in [5.41, 5.74) is 0.421. The highest BCUT2D eigenvalue weighted by Gasteiger charge is 2.32. The summed E-state index contributed by atoms with van der Waals surface area (Å²) in [4.78, 5) is 18.6. The zero-order valence-corrected chi connectivity index (χ0v) is 14.9. The van der Waals surface area contributed by atoms with Crippen LogP contribution in [-0.4, -0.2) is 48.6 Å². The van der Waals surface area contributed by atoms with E-state index >= 15 is 0 Å². The van der Waals surface area contributed by atoms with E-state index in [0.717, 1.165) is 0 Å². The van der Waals surface area contributed by atoms with E-state index in [9.17, 15) is 13.2 Å². The third kappa shape index (κ3) is 3.98. The van der Waals surface area contributed by atoms with Crippen LogP contribution < -0.4 is 10.2 Å². The number of amides is 1. The lowest BCUT2D eigenvalue weighted by atomic mass is 10.2. The average Bonchev–Trinajstić information content (AvgIpc) is 3.14. The van der Waals surface area contributed by atoms with Crippen LogP contribution in [0, 0.1) is 6.92 Å². The largest absolute Gasteiger partial charge is 0.360 e. The lowest BCUT2D eigenvalue weighted by molar-refractivity contribution is 0.102. The Morgan fingerprint density at radius 3 is 2.84 bits per heavy atom. The molecule has 0 spiro atoms. The summed E-state index contributed by atoms with van der Waals surface area (Å²) in [5, 5.41) is 6.39. The summed E-state index contributed by atoms with van der Waals surface area (Å²) in [6, 6.07) is 4.78. The first-order valence-electron chi connectivity index (χ1n) is 8.06. The third-order valence-corrected chi connectivity index (χ3v) is 5.91. The number of carbonyl (C=O) groups is 1. The van der Waals surface area contributed by atoms with E-state index in [-0.39, 0.29) is 23.5 Å². The molecule has 1 amide bonds. The Labute approximate surface area is 146 Å². The predicted molar refractivity (Wildman–Crippen MR) is 93.5 cm³/mol. The summed E-state index contributed by atoms with van der Waals surface area (Å²) in [7, 11) is -2.99. The fourth-order valence-electron chi connectivity index (χ4n) is 2.96. The summed E-state index contributed by atoms with van der Waals surface area (Å²) < 4.78 is 28.4. The molecule has 2 aromatic rings. The molecule has 0 aliphatic carbocycles. The molecule has 134 valence electrons. The van der Waals surface area contributed by atoms with Crippen molar-refractivity contribution in [1.82, 2.24) is 10.1 Å². The topological polar surface area (TPSA) is 105 Å². The molecule has 1 aliphatic heterocycles. The van der Waals surface area contributed by atoms with Crippen LogP contribution in [-0.2, 0) is 9.84 Å². The molecule has 2 aromatic heterocycles. The van der Waals surface area contributed by atoms with Crippen molar-refractivity contribution in [2.45, 2.75) is 26.3 Å². The second-order valence-electron chi connectivity index (χ2n) is 6.02. The molecule has 0 aromatic carbocycles. The fraction of sp³-hybridized carbons (Fsp3) is 0.438. The Kier molecular flexibility index (Phi) is 4.76. The van der Waals surface area contributed by atoms with Crippen LogP contribution in [0.3, 0.4) is 0 Å². The van der Waals surface area contributed by atoms with Gasteiger partial charge in [0.25, 0.3) is 5.91 Å². The van der Waals surface area contributed by atoms with Gasteiger partial charge in [-0.15, -0.1) is 0 Å². The maximum atomic E-state index is 12.4. The van der Waals surface area contributed by atoms with E-state index in [1.165, 1.54) is 0 Å². The second kappa shape index (κ2) is 6.83. The number of hydrogen-bond acceptors (Lipinski definition) is 7. The number of sulfone groups is 1. The monoisotopic (exact) mass is 364 g/mol. The molecule has 25 heavy (non-hydrogen) atoms. The predicted octanol–water partition coefficient (Wildman–Crippen LogP) is 1.64. The summed E-state index contributed by atoms with van der Waals surface area (Å²) >= 11 is 0. The van der Waals surface area contributed by atoms with Gasteiger partial charge in [0.2, 0.25) is 0 Å². The van der Waals surface area contributed by atoms with Crippen LogP contribution in [0.25, 0.3) is 0 Å². The Morgan fingerprint density at radius 1 is 1.44 bits per heavy atom. The number of rotatable bonds is 5. The normalized spacial score (nSPS) is 18.9. The van der Waals surface area contributed by atoms with Gasteiger partial charge in [0, 0.05) is 30.4 Å². The first-order chi connectivity index (χ1) is 11.9. The van der Waals surface area contributed by atoms with Crippen LogP contribution in [0.4, 0.5) is 11.6 Å². The van der Waals surface area contributed by atoms with Crippen LogP contribution >= 0.6 is 0 Å². The molecule has 1 aliphatic rings. The number of anilines is 2. The zero-order valence-electron chi connectivity index (χ0n) is 14.1. The van der Waals surface area contributed by atoms with Gasteiger partial charge >= 0.3 is 0 Å². The van der Waals surface area contributed by atoms with Gasteiger partial charge in [-0.05, 0) is 32.4 Å². The minimum absolute atomic E-state index is 0.112. The highest BCUT2D eigenvalue weighted by molar-refractivity contribution is 7.91. The molecular weight excluding hydrogens is 344 g/mol. The molecular formula is C16H20N4O4S. The number of hydrogen-bond donors (Lipinski definition) is 1. The third-order valence-electron chi connectivity index (χ3n) is 4.16. The lowest BCUT2D eigenvalue weighted by Gasteiger charge is -2.28. The number of aryl methyl sites for hydroxylation is 1. The summed E-state index contributed by atoms with van der Waals surface area (Å²) in [5.74, 6) is 1.53. The van der Waals surface area contributed by atoms with Crippen molar-refractivity contribution >= 4 is 27.4 Å². The van der Waals surface area contributed by atoms with Crippen LogP contribution in [0.5, 0.6) is 0 Å². The Balaban J connectivity index is 1.79. The first-order valence-corrected chi connectivity index (χ1v) is 9.88. The standard InChI is InChI=1S/C16H20N4O4S/c1-3-20(13-5-7-25(22,23)10-13)15-9-12(4-6-17-15)16(21)18-14-8-11(2)24-19-14/h4,6,8-9,13H,3,5,7,10H2,1-2H3,(H,18,19,21). The SMILES string of the molecule is CCN(c1cc(C(=O)Nc2cc(C)on2)ccn1)C1CCS(=O)(=O)C1. The molecule has 0 bridgehead atoms. The minimum atomic E-state index is -2.99. The molecule has 3 heterocycles. The van der Waals surface area contributed by atoms with Crippen molar-refractivity contribution in [3.8, 4) is 0 Å². The minimum Gasteiger partial charge on any atom is -0.360 e. The van der Waals surface area contributed by atoms with Gasteiger partial charge in [0.1, 0.15) is 11.6 Å². The lowest BCUT2D eigenvalue weighted by Crippen LogP contribution is -2.36. The maximum Gasteiger partial charge on any atom is 0.257 e. The van der Waals surface area contributed by atoms with E-state index in [1.54, 1.807) is 31.3 Å². The number of nitrogens with one attached hydrogen (secondary N) is 1. The number of nitrogens with zero attached hydrogens (tertiary/aromatic N) is 3. The quantitative estimate of drug-likeness (QED) is 0.860. The molecule has 1 N–H and O–H groups in total. The molecule has 1 atom stereocenters. The van der Waals surface area contributed by atoms with Crippen molar-refractivity contribution < 1.29 is 17.7 Å². The Bertz CT molecular complexity index is 878. The zero-order chi connectivity index (χ0) is 18.0. The van der Waals surface area contributed by atoms with Crippen LogP contribution in [0.2, 0.25) is 0 Å². The average molecular weight is 364 g/mol. The molecule has 1 saturated heterocycles. The first kappa shape index (κ1) is 17.4. The maximum absolute atomic E-state index is 12.4. The molecule has 1 unspecified atom stereocenters. The Hall–Kier alpha value is -2.42. The highest BCUT2D eigenvalue weighted by Crippen LogP contribution is 2.23. The molecule has 0 radical (unpaired) electrons. The summed E-state index contributed by atoms with van der Waals surface area (Å²) in [6.07, 6.45) is 2.12. The summed E-state index contributed by atoms with van der Waals surface area (Å²) in [6.45, 7) is 4.29. The molecule has 3 rings (SSSR count). The van der Waals surface area contributed by atoms with Crippen molar-refractivity contribution in [3.05, 3.63) is 35.7 Å². The smallest absolute Gasteiger partial charge is 0.257 e. The van der Waals surface area contributed by atoms with Crippen molar-refractivity contribution in [3.63, 3.8) is 0 Å². The molecule has 0 saturated carbocycles. The highest BCUT2D eigenvalue weighted by atomic mass is 32.2. The van der Waals surface area contributed by atoms with Crippen LogP contribution in [0.1, 0.15) is 29.5 Å². The molecule has 9 heteroatoms. The second-order valence-corrected chi connectivity index (χ2v) is 8.25. The van der Waals surface area contributed by atoms with Gasteiger partial charge in [-0.1, -0.05) is 5.16 Å².